The van der Waals surface area contributed by atoms with Crippen LogP contribution in [-0.2, 0) is 11.3 Å². The summed E-state index contributed by atoms with van der Waals surface area (Å²) in [6.45, 7) is 9.80. The Balaban J connectivity index is 1.77. The van der Waals surface area contributed by atoms with Crippen molar-refractivity contribution in [3.05, 3.63) is 35.9 Å². The molecule has 1 aromatic carbocycles. The van der Waals surface area contributed by atoms with E-state index in [1.165, 1.54) is 5.56 Å². The SMILES string of the molecule is CC(C)(C)OC1CCN(Cc2ccccc2)CC1. The molecule has 0 amide bonds. The molecule has 18 heavy (non-hydrogen) atoms. The Kier molecular flexibility index (Phi) is 4.41. The van der Waals surface area contributed by atoms with Crippen molar-refractivity contribution < 1.29 is 4.74 Å². The average molecular weight is 247 g/mol. The minimum absolute atomic E-state index is 0.00767. The third-order valence-corrected chi connectivity index (χ3v) is 3.30. The van der Waals surface area contributed by atoms with Crippen molar-refractivity contribution in [1.29, 1.82) is 0 Å². The normalized spacial score (nSPS) is 19.1. The summed E-state index contributed by atoms with van der Waals surface area (Å²) in [6, 6.07) is 10.7. The molecule has 1 saturated heterocycles. The van der Waals surface area contributed by atoms with E-state index in [1.54, 1.807) is 0 Å². The first-order valence-electron chi connectivity index (χ1n) is 6.97. The molecular formula is C16H25NO. The molecule has 0 N–H and O–H groups in total. The molecule has 1 aliphatic heterocycles. The molecule has 0 atom stereocenters. The van der Waals surface area contributed by atoms with Crippen molar-refractivity contribution in [2.75, 3.05) is 13.1 Å². The van der Waals surface area contributed by atoms with Crippen LogP contribution in [0.1, 0.15) is 39.2 Å². The summed E-state index contributed by atoms with van der Waals surface area (Å²) in [6.07, 6.45) is 2.76. The standard InChI is InChI=1S/C16H25NO/c1-16(2,3)18-15-9-11-17(12-10-15)13-14-7-5-4-6-8-14/h4-8,15H,9-13H2,1-3H3. The van der Waals surface area contributed by atoms with Gasteiger partial charge in [0.05, 0.1) is 11.7 Å². The van der Waals surface area contributed by atoms with E-state index in [0.29, 0.717) is 6.10 Å². The average Bonchev–Trinajstić information content (AvgIpc) is 2.31. The minimum atomic E-state index is -0.00767. The summed E-state index contributed by atoms with van der Waals surface area (Å²) in [7, 11) is 0. The molecule has 2 rings (SSSR count). The van der Waals surface area contributed by atoms with E-state index in [0.717, 1.165) is 32.5 Å². The fourth-order valence-corrected chi connectivity index (χ4v) is 2.53. The third-order valence-electron chi connectivity index (χ3n) is 3.30. The molecule has 1 heterocycles. The largest absolute Gasteiger partial charge is 0.373 e. The third kappa shape index (κ3) is 4.43. The summed E-state index contributed by atoms with van der Waals surface area (Å²) >= 11 is 0. The molecule has 0 radical (unpaired) electrons. The van der Waals surface area contributed by atoms with Crippen LogP contribution in [0.2, 0.25) is 0 Å². The van der Waals surface area contributed by atoms with Crippen LogP contribution in [0.3, 0.4) is 0 Å². The van der Waals surface area contributed by atoms with E-state index in [9.17, 15) is 0 Å². The monoisotopic (exact) mass is 247 g/mol. The summed E-state index contributed by atoms with van der Waals surface area (Å²) in [5.41, 5.74) is 1.40. The van der Waals surface area contributed by atoms with Crippen molar-refractivity contribution in [2.24, 2.45) is 0 Å². The van der Waals surface area contributed by atoms with Gasteiger partial charge in [-0.3, -0.25) is 4.90 Å². The Bertz CT molecular complexity index is 347. The second kappa shape index (κ2) is 5.85. The minimum Gasteiger partial charge on any atom is -0.373 e. The fourth-order valence-electron chi connectivity index (χ4n) is 2.53. The van der Waals surface area contributed by atoms with Gasteiger partial charge in [0.2, 0.25) is 0 Å². The lowest BCUT2D eigenvalue weighted by Gasteiger charge is -2.35. The summed E-state index contributed by atoms with van der Waals surface area (Å²) < 4.78 is 6.05. The van der Waals surface area contributed by atoms with Crippen molar-refractivity contribution in [3.63, 3.8) is 0 Å². The highest BCUT2D eigenvalue weighted by Gasteiger charge is 2.23. The van der Waals surface area contributed by atoms with Gasteiger partial charge in [0.15, 0.2) is 0 Å². The van der Waals surface area contributed by atoms with Crippen LogP contribution >= 0.6 is 0 Å². The number of benzene rings is 1. The Morgan fingerprint density at radius 2 is 1.72 bits per heavy atom. The molecule has 0 saturated carbocycles. The van der Waals surface area contributed by atoms with E-state index in [2.05, 4.69) is 56.0 Å². The van der Waals surface area contributed by atoms with Gasteiger partial charge in [0, 0.05) is 19.6 Å². The molecule has 0 aliphatic carbocycles. The molecule has 1 aliphatic rings. The van der Waals surface area contributed by atoms with Gasteiger partial charge >= 0.3 is 0 Å². The molecule has 0 spiro atoms. The van der Waals surface area contributed by atoms with Gasteiger partial charge in [0.25, 0.3) is 0 Å². The maximum atomic E-state index is 6.05. The van der Waals surface area contributed by atoms with Crippen LogP contribution in [0.4, 0.5) is 0 Å². The fraction of sp³-hybridized carbons (Fsp3) is 0.625. The molecule has 2 nitrogen and oxygen atoms in total. The number of likely N-dealkylation sites (tertiary alicyclic amines) is 1. The number of piperidine rings is 1. The first kappa shape index (κ1) is 13.6. The van der Waals surface area contributed by atoms with Crippen LogP contribution < -0.4 is 0 Å². The number of rotatable bonds is 3. The van der Waals surface area contributed by atoms with E-state index in [-0.39, 0.29) is 5.60 Å². The highest BCUT2D eigenvalue weighted by atomic mass is 16.5. The van der Waals surface area contributed by atoms with E-state index < -0.39 is 0 Å². The van der Waals surface area contributed by atoms with Gasteiger partial charge in [0.1, 0.15) is 0 Å². The predicted molar refractivity (Wildman–Crippen MR) is 75.6 cm³/mol. The van der Waals surface area contributed by atoms with Crippen LogP contribution in [0.25, 0.3) is 0 Å². The molecular weight excluding hydrogens is 222 g/mol. The van der Waals surface area contributed by atoms with Gasteiger partial charge in [-0.05, 0) is 39.2 Å². The molecule has 1 aromatic rings. The van der Waals surface area contributed by atoms with Gasteiger partial charge < -0.3 is 4.74 Å². The van der Waals surface area contributed by atoms with Crippen molar-refractivity contribution >= 4 is 0 Å². The molecule has 100 valence electrons. The molecule has 0 unspecified atom stereocenters. The lowest BCUT2D eigenvalue weighted by Crippen LogP contribution is -2.39. The zero-order chi connectivity index (χ0) is 13.0. The van der Waals surface area contributed by atoms with E-state index in [4.69, 9.17) is 4.74 Å². The van der Waals surface area contributed by atoms with Crippen molar-refractivity contribution in [2.45, 2.75) is 51.9 Å². The number of nitrogens with zero attached hydrogens (tertiary/aromatic N) is 1. The lowest BCUT2D eigenvalue weighted by molar-refractivity contribution is -0.0827. The van der Waals surface area contributed by atoms with Gasteiger partial charge in [-0.2, -0.15) is 0 Å². The molecule has 0 aromatic heterocycles. The van der Waals surface area contributed by atoms with Gasteiger partial charge in [-0.15, -0.1) is 0 Å². The number of hydrogen-bond donors (Lipinski definition) is 0. The second-order valence-electron chi connectivity index (χ2n) is 6.19. The molecule has 0 bridgehead atoms. The van der Waals surface area contributed by atoms with Gasteiger partial charge in [-0.25, -0.2) is 0 Å². The Morgan fingerprint density at radius 3 is 2.28 bits per heavy atom. The predicted octanol–water partition coefficient (Wildman–Crippen LogP) is 3.47. The van der Waals surface area contributed by atoms with Crippen molar-refractivity contribution in [3.8, 4) is 0 Å². The maximum absolute atomic E-state index is 6.05. The molecule has 1 fully saturated rings. The molecule has 2 heteroatoms. The van der Waals surface area contributed by atoms with E-state index >= 15 is 0 Å². The Morgan fingerprint density at radius 1 is 1.11 bits per heavy atom. The second-order valence-corrected chi connectivity index (χ2v) is 6.19. The first-order chi connectivity index (χ1) is 8.53. The first-order valence-corrected chi connectivity index (χ1v) is 6.97. The zero-order valence-corrected chi connectivity index (χ0v) is 11.9. The highest BCUT2D eigenvalue weighted by Crippen LogP contribution is 2.21. The zero-order valence-electron chi connectivity index (χ0n) is 11.9. The lowest BCUT2D eigenvalue weighted by atomic mass is 10.0. The van der Waals surface area contributed by atoms with Crippen LogP contribution in [0.15, 0.2) is 30.3 Å². The van der Waals surface area contributed by atoms with Crippen molar-refractivity contribution in [1.82, 2.24) is 4.90 Å². The van der Waals surface area contributed by atoms with Crippen LogP contribution in [0, 0.1) is 0 Å². The van der Waals surface area contributed by atoms with Crippen LogP contribution in [0.5, 0.6) is 0 Å². The topological polar surface area (TPSA) is 12.5 Å². The number of ether oxygens (including phenoxy) is 1. The van der Waals surface area contributed by atoms with Gasteiger partial charge in [-0.1, -0.05) is 30.3 Å². The quantitative estimate of drug-likeness (QED) is 0.811. The maximum Gasteiger partial charge on any atom is 0.0606 e. The highest BCUT2D eigenvalue weighted by molar-refractivity contribution is 5.14. The smallest absolute Gasteiger partial charge is 0.0606 e. The summed E-state index contributed by atoms with van der Waals surface area (Å²) in [4.78, 5) is 2.53. The number of hydrogen-bond acceptors (Lipinski definition) is 2. The Hall–Kier alpha value is -0.860. The van der Waals surface area contributed by atoms with Crippen LogP contribution in [-0.4, -0.2) is 29.7 Å². The summed E-state index contributed by atoms with van der Waals surface area (Å²) in [5.74, 6) is 0. The Labute approximate surface area is 111 Å². The van der Waals surface area contributed by atoms with E-state index in [1.807, 2.05) is 0 Å². The summed E-state index contributed by atoms with van der Waals surface area (Å²) in [5, 5.41) is 0.